The first kappa shape index (κ1) is 16.2. The standard InChI is InChI=1S/C17H26N4O2/c22-16(4-3-14-5-7-18-12-14)20-13-15-2-1-6-19-17(15)21-8-10-23-11-9-21/h1-2,6,14,18H,3-5,7-13H2,(H,20,22). The third kappa shape index (κ3) is 4.65. The summed E-state index contributed by atoms with van der Waals surface area (Å²) < 4.78 is 5.40. The van der Waals surface area contributed by atoms with E-state index in [-0.39, 0.29) is 5.91 Å². The molecule has 2 aliphatic rings. The number of rotatable bonds is 6. The predicted octanol–water partition coefficient (Wildman–Crippen LogP) is 0.924. The van der Waals surface area contributed by atoms with E-state index in [0.717, 1.165) is 57.2 Å². The number of carbonyl (C=O) groups is 1. The largest absolute Gasteiger partial charge is 0.378 e. The zero-order valence-electron chi connectivity index (χ0n) is 13.6. The Labute approximate surface area is 137 Å². The van der Waals surface area contributed by atoms with Crippen LogP contribution in [0.5, 0.6) is 0 Å². The summed E-state index contributed by atoms with van der Waals surface area (Å²) in [4.78, 5) is 18.8. The van der Waals surface area contributed by atoms with Gasteiger partial charge in [0.15, 0.2) is 0 Å². The van der Waals surface area contributed by atoms with E-state index in [1.165, 1.54) is 6.42 Å². The lowest BCUT2D eigenvalue weighted by Gasteiger charge is -2.29. The molecule has 1 unspecified atom stereocenters. The predicted molar refractivity (Wildman–Crippen MR) is 89.3 cm³/mol. The lowest BCUT2D eigenvalue weighted by Crippen LogP contribution is -2.37. The van der Waals surface area contributed by atoms with Gasteiger partial charge in [0.05, 0.1) is 13.2 Å². The Morgan fingerprint density at radius 1 is 1.43 bits per heavy atom. The first-order valence-electron chi connectivity index (χ1n) is 8.57. The fourth-order valence-electron chi connectivity index (χ4n) is 3.21. The van der Waals surface area contributed by atoms with E-state index in [9.17, 15) is 4.79 Å². The van der Waals surface area contributed by atoms with Gasteiger partial charge in [0, 0.05) is 37.8 Å². The molecule has 0 aliphatic carbocycles. The average molecular weight is 318 g/mol. The van der Waals surface area contributed by atoms with Crippen LogP contribution < -0.4 is 15.5 Å². The van der Waals surface area contributed by atoms with E-state index in [2.05, 4.69) is 20.5 Å². The summed E-state index contributed by atoms with van der Waals surface area (Å²) in [6.07, 6.45) is 4.59. The van der Waals surface area contributed by atoms with Gasteiger partial charge in [-0.3, -0.25) is 4.79 Å². The van der Waals surface area contributed by atoms with Crippen molar-refractivity contribution >= 4 is 11.7 Å². The molecule has 1 amide bonds. The van der Waals surface area contributed by atoms with Crippen LogP contribution in [0.2, 0.25) is 0 Å². The summed E-state index contributed by atoms with van der Waals surface area (Å²) in [5.41, 5.74) is 1.07. The maximum Gasteiger partial charge on any atom is 0.220 e. The molecule has 3 rings (SSSR count). The van der Waals surface area contributed by atoms with Crippen LogP contribution in [0.4, 0.5) is 5.82 Å². The number of ether oxygens (including phenoxy) is 1. The van der Waals surface area contributed by atoms with Gasteiger partial charge in [-0.15, -0.1) is 0 Å². The molecular formula is C17H26N4O2. The van der Waals surface area contributed by atoms with E-state index >= 15 is 0 Å². The number of nitrogens with zero attached hydrogens (tertiary/aromatic N) is 2. The molecular weight excluding hydrogens is 292 g/mol. The molecule has 0 saturated carbocycles. The zero-order chi connectivity index (χ0) is 15.9. The number of amides is 1. The smallest absolute Gasteiger partial charge is 0.220 e. The second kappa shape index (κ2) is 8.26. The number of morpholine rings is 1. The van der Waals surface area contributed by atoms with Gasteiger partial charge in [-0.1, -0.05) is 6.07 Å². The van der Waals surface area contributed by atoms with E-state index in [1.54, 1.807) is 0 Å². The number of carbonyl (C=O) groups excluding carboxylic acids is 1. The molecule has 1 aromatic heterocycles. The lowest BCUT2D eigenvalue weighted by molar-refractivity contribution is -0.121. The van der Waals surface area contributed by atoms with E-state index in [4.69, 9.17) is 4.74 Å². The molecule has 0 radical (unpaired) electrons. The maximum atomic E-state index is 12.1. The third-order valence-electron chi connectivity index (χ3n) is 4.60. The van der Waals surface area contributed by atoms with Crippen molar-refractivity contribution in [1.29, 1.82) is 0 Å². The van der Waals surface area contributed by atoms with E-state index < -0.39 is 0 Å². The first-order valence-corrected chi connectivity index (χ1v) is 8.57. The van der Waals surface area contributed by atoms with Crippen LogP contribution in [-0.2, 0) is 16.1 Å². The summed E-state index contributed by atoms with van der Waals surface area (Å²) in [5, 5.41) is 6.39. The molecule has 23 heavy (non-hydrogen) atoms. The fourth-order valence-corrected chi connectivity index (χ4v) is 3.21. The molecule has 1 aromatic rings. The van der Waals surface area contributed by atoms with Crippen molar-refractivity contribution in [3.05, 3.63) is 23.9 Å². The molecule has 126 valence electrons. The minimum atomic E-state index is 0.133. The van der Waals surface area contributed by atoms with Crippen molar-refractivity contribution in [2.24, 2.45) is 5.92 Å². The van der Waals surface area contributed by atoms with Crippen molar-refractivity contribution < 1.29 is 9.53 Å². The van der Waals surface area contributed by atoms with Gasteiger partial charge < -0.3 is 20.3 Å². The highest BCUT2D eigenvalue weighted by atomic mass is 16.5. The number of aromatic nitrogens is 1. The summed E-state index contributed by atoms with van der Waals surface area (Å²) in [6, 6.07) is 3.97. The number of anilines is 1. The Morgan fingerprint density at radius 2 is 2.30 bits per heavy atom. The number of pyridine rings is 1. The highest BCUT2D eigenvalue weighted by Gasteiger charge is 2.17. The van der Waals surface area contributed by atoms with Crippen LogP contribution >= 0.6 is 0 Å². The molecule has 2 N–H and O–H groups in total. The molecule has 2 fully saturated rings. The topological polar surface area (TPSA) is 66.5 Å². The van der Waals surface area contributed by atoms with Gasteiger partial charge in [0.2, 0.25) is 5.91 Å². The van der Waals surface area contributed by atoms with Crippen molar-refractivity contribution in [2.75, 3.05) is 44.3 Å². The number of hydrogen-bond donors (Lipinski definition) is 2. The monoisotopic (exact) mass is 318 g/mol. The summed E-state index contributed by atoms with van der Waals surface area (Å²) in [7, 11) is 0. The van der Waals surface area contributed by atoms with Crippen LogP contribution in [0.3, 0.4) is 0 Å². The second-order valence-electron chi connectivity index (χ2n) is 6.26. The molecule has 0 aromatic carbocycles. The average Bonchev–Trinajstić information content (AvgIpc) is 3.13. The van der Waals surface area contributed by atoms with Crippen molar-refractivity contribution in [3.8, 4) is 0 Å². The molecule has 1 atom stereocenters. The van der Waals surface area contributed by atoms with Crippen molar-refractivity contribution in [3.63, 3.8) is 0 Å². The van der Waals surface area contributed by atoms with Crippen LogP contribution in [0, 0.1) is 5.92 Å². The minimum Gasteiger partial charge on any atom is -0.378 e. The Bertz CT molecular complexity index is 511. The van der Waals surface area contributed by atoms with Gasteiger partial charge in [-0.25, -0.2) is 4.98 Å². The molecule has 2 aliphatic heterocycles. The highest BCUT2D eigenvalue weighted by molar-refractivity contribution is 5.76. The lowest BCUT2D eigenvalue weighted by atomic mass is 10.0. The van der Waals surface area contributed by atoms with Gasteiger partial charge in [0.1, 0.15) is 5.82 Å². The number of hydrogen-bond acceptors (Lipinski definition) is 5. The van der Waals surface area contributed by atoms with E-state index in [1.807, 2.05) is 18.3 Å². The van der Waals surface area contributed by atoms with Crippen molar-refractivity contribution in [1.82, 2.24) is 15.6 Å². The van der Waals surface area contributed by atoms with Crippen molar-refractivity contribution in [2.45, 2.75) is 25.8 Å². The summed E-state index contributed by atoms with van der Waals surface area (Å²) >= 11 is 0. The minimum absolute atomic E-state index is 0.133. The Morgan fingerprint density at radius 3 is 3.09 bits per heavy atom. The zero-order valence-corrected chi connectivity index (χ0v) is 13.6. The molecule has 0 bridgehead atoms. The van der Waals surface area contributed by atoms with Gasteiger partial charge in [-0.05, 0) is 37.9 Å². The quantitative estimate of drug-likeness (QED) is 0.817. The fraction of sp³-hybridized carbons (Fsp3) is 0.647. The molecule has 6 heteroatoms. The Balaban J connectivity index is 1.50. The van der Waals surface area contributed by atoms with Gasteiger partial charge in [0.25, 0.3) is 0 Å². The van der Waals surface area contributed by atoms with E-state index in [0.29, 0.717) is 18.9 Å². The van der Waals surface area contributed by atoms with Crippen LogP contribution in [0.25, 0.3) is 0 Å². The van der Waals surface area contributed by atoms with Crippen LogP contribution in [0.15, 0.2) is 18.3 Å². The SMILES string of the molecule is O=C(CCC1CCNC1)NCc1cccnc1N1CCOCC1. The summed E-state index contributed by atoms with van der Waals surface area (Å²) in [5.74, 6) is 1.76. The third-order valence-corrected chi connectivity index (χ3v) is 4.60. The second-order valence-corrected chi connectivity index (χ2v) is 6.26. The first-order chi connectivity index (χ1) is 11.3. The van der Waals surface area contributed by atoms with Crippen LogP contribution in [-0.4, -0.2) is 50.3 Å². The molecule has 2 saturated heterocycles. The normalized spacial score (nSPS) is 21.4. The molecule has 6 nitrogen and oxygen atoms in total. The summed E-state index contributed by atoms with van der Waals surface area (Å²) in [6.45, 7) is 5.86. The Kier molecular flexibility index (Phi) is 5.82. The number of nitrogens with one attached hydrogen (secondary N) is 2. The Hall–Kier alpha value is -1.66. The maximum absolute atomic E-state index is 12.1. The van der Waals surface area contributed by atoms with Crippen LogP contribution in [0.1, 0.15) is 24.8 Å². The van der Waals surface area contributed by atoms with Gasteiger partial charge in [-0.2, -0.15) is 0 Å². The van der Waals surface area contributed by atoms with Gasteiger partial charge >= 0.3 is 0 Å². The highest BCUT2D eigenvalue weighted by Crippen LogP contribution is 2.18. The molecule has 3 heterocycles. The molecule has 0 spiro atoms.